The van der Waals surface area contributed by atoms with E-state index in [1.807, 2.05) is 18.2 Å². The highest BCUT2D eigenvalue weighted by Crippen LogP contribution is 2.36. The van der Waals surface area contributed by atoms with Gasteiger partial charge in [0.15, 0.2) is 0 Å². The molecule has 0 aromatic rings. The summed E-state index contributed by atoms with van der Waals surface area (Å²) in [6, 6.07) is 2.03. The highest BCUT2D eigenvalue weighted by Gasteiger charge is 2.22. The van der Waals surface area contributed by atoms with Crippen molar-refractivity contribution in [1.29, 1.82) is 5.26 Å². The topological polar surface area (TPSA) is 23.8 Å². The molecule has 0 heterocycles. The first-order chi connectivity index (χ1) is 14.3. The predicted molar refractivity (Wildman–Crippen MR) is 127 cm³/mol. The van der Waals surface area contributed by atoms with Crippen molar-refractivity contribution in [1.82, 2.24) is 0 Å². The average Bonchev–Trinajstić information content (AvgIpc) is 2.76. The second kappa shape index (κ2) is 15.8. The van der Waals surface area contributed by atoms with Crippen molar-refractivity contribution in [2.45, 2.75) is 122 Å². The van der Waals surface area contributed by atoms with Gasteiger partial charge in [-0.05, 0) is 36.5 Å². The molecule has 2 aliphatic carbocycles. The summed E-state index contributed by atoms with van der Waals surface area (Å²) >= 11 is 0. The molecule has 0 aromatic carbocycles. The summed E-state index contributed by atoms with van der Waals surface area (Å²) in [5, 5.41) is 8.47. The lowest BCUT2D eigenvalue weighted by Gasteiger charge is -2.30. The second-order valence-electron chi connectivity index (χ2n) is 10.0. The molecule has 2 rings (SSSR count). The van der Waals surface area contributed by atoms with Gasteiger partial charge in [-0.3, -0.25) is 0 Å². The molecular weight excluding hydrogens is 350 g/mol. The Kier molecular flexibility index (Phi) is 13.2. The van der Waals surface area contributed by atoms with Gasteiger partial charge in [0.1, 0.15) is 0 Å². The van der Waals surface area contributed by atoms with Crippen molar-refractivity contribution >= 4 is 0 Å². The fraction of sp³-hybridized carbons (Fsp3) is 0.821. The molecule has 0 unspecified atom stereocenters. The Morgan fingerprint density at radius 3 is 1.55 bits per heavy atom. The second-order valence-corrected chi connectivity index (χ2v) is 10.0. The van der Waals surface area contributed by atoms with Crippen LogP contribution in [-0.4, -0.2) is 0 Å². The van der Waals surface area contributed by atoms with E-state index in [0.29, 0.717) is 0 Å². The molecule has 0 atom stereocenters. The fourth-order valence-electron chi connectivity index (χ4n) is 5.77. The zero-order chi connectivity index (χ0) is 20.6. The van der Waals surface area contributed by atoms with Crippen molar-refractivity contribution < 1.29 is 0 Å². The Balaban J connectivity index is 1.44. The molecule has 0 N–H and O–H groups in total. The Morgan fingerprint density at radius 2 is 1.10 bits per heavy atom. The molecule has 0 bridgehead atoms. The molecule has 0 saturated heterocycles. The van der Waals surface area contributed by atoms with Gasteiger partial charge < -0.3 is 0 Å². The number of hydrogen-bond donors (Lipinski definition) is 0. The van der Waals surface area contributed by atoms with Gasteiger partial charge in [-0.25, -0.2) is 0 Å². The highest BCUT2D eigenvalue weighted by molar-refractivity contribution is 5.11. The molecule has 2 aliphatic rings. The van der Waals surface area contributed by atoms with Gasteiger partial charge in [-0.15, -0.1) is 0 Å². The lowest BCUT2D eigenvalue weighted by atomic mass is 9.76. The van der Waals surface area contributed by atoms with Crippen LogP contribution in [0.1, 0.15) is 122 Å². The summed E-state index contributed by atoms with van der Waals surface area (Å²) in [4.78, 5) is 0. The van der Waals surface area contributed by atoms with Crippen molar-refractivity contribution in [3.8, 4) is 6.07 Å². The third-order valence-electron chi connectivity index (χ3n) is 7.78. The first-order valence-corrected chi connectivity index (χ1v) is 13.0. The minimum Gasteiger partial charge on any atom is -0.193 e. The normalized spacial score (nSPS) is 28.1. The molecule has 0 aliphatic heterocycles. The van der Waals surface area contributed by atoms with E-state index in [0.717, 1.165) is 23.7 Å². The molecule has 164 valence electrons. The van der Waals surface area contributed by atoms with E-state index in [9.17, 15) is 0 Å². The van der Waals surface area contributed by atoms with Crippen LogP contribution in [0.2, 0.25) is 0 Å². The molecule has 1 nitrogen and oxygen atoms in total. The van der Waals surface area contributed by atoms with Gasteiger partial charge in [0.2, 0.25) is 0 Å². The minimum atomic E-state index is 0.948. The lowest BCUT2D eigenvalue weighted by Crippen LogP contribution is -2.15. The van der Waals surface area contributed by atoms with Gasteiger partial charge in [0, 0.05) is 6.08 Å². The van der Waals surface area contributed by atoms with Crippen LogP contribution in [0.4, 0.5) is 0 Å². The maximum absolute atomic E-state index is 8.47. The summed E-state index contributed by atoms with van der Waals surface area (Å²) in [5.74, 6) is 4.10. The molecule has 0 amide bonds. The zero-order valence-corrected chi connectivity index (χ0v) is 19.3. The van der Waals surface area contributed by atoms with Crippen LogP contribution >= 0.6 is 0 Å². The standard InChI is InChI=1S/C28H47N/c1-2-3-7-12-25-16-20-27(21-17-25)14-9-10-15-28-22-18-26(19-23-28)13-8-5-4-6-11-24-29/h4-6,11,25-28H,2-3,7-10,12-23H2,1H3. The van der Waals surface area contributed by atoms with Crippen LogP contribution in [0.5, 0.6) is 0 Å². The summed E-state index contributed by atoms with van der Waals surface area (Å²) in [5.41, 5.74) is 0. The molecule has 2 fully saturated rings. The number of rotatable bonds is 13. The molecule has 0 spiro atoms. The van der Waals surface area contributed by atoms with Crippen molar-refractivity contribution in [3.05, 3.63) is 24.3 Å². The number of hydrogen-bond acceptors (Lipinski definition) is 1. The number of nitriles is 1. The predicted octanol–water partition coefficient (Wildman–Crippen LogP) is 9.16. The first-order valence-electron chi connectivity index (χ1n) is 13.0. The zero-order valence-electron chi connectivity index (χ0n) is 19.3. The summed E-state index contributed by atoms with van der Waals surface area (Å²) in [6.45, 7) is 2.32. The monoisotopic (exact) mass is 397 g/mol. The van der Waals surface area contributed by atoms with E-state index >= 15 is 0 Å². The lowest BCUT2D eigenvalue weighted by molar-refractivity contribution is 0.232. The van der Waals surface area contributed by atoms with E-state index in [4.69, 9.17) is 5.26 Å². The number of allylic oxidation sites excluding steroid dienone is 4. The van der Waals surface area contributed by atoms with Gasteiger partial charge in [-0.1, -0.05) is 128 Å². The Hall–Kier alpha value is -1.03. The SMILES string of the molecule is CCCCCC1CCC(CCCCC2CCC(CCC=CC=CC#N)CC2)CC1. The molecule has 0 radical (unpaired) electrons. The van der Waals surface area contributed by atoms with Crippen LogP contribution in [0.25, 0.3) is 0 Å². The van der Waals surface area contributed by atoms with E-state index in [-0.39, 0.29) is 0 Å². The largest absolute Gasteiger partial charge is 0.193 e. The highest BCUT2D eigenvalue weighted by atomic mass is 14.3. The van der Waals surface area contributed by atoms with Crippen molar-refractivity contribution in [2.75, 3.05) is 0 Å². The van der Waals surface area contributed by atoms with Gasteiger partial charge in [-0.2, -0.15) is 5.26 Å². The van der Waals surface area contributed by atoms with E-state index in [1.165, 1.54) is 116 Å². The summed E-state index contributed by atoms with van der Waals surface area (Å²) < 4.78 is 0. The quantitative estimate of drug-likeness (QED) is 0.173. The van der Waals surface area contributed by atoms with Gasteiger partial charge >= 0.3 is 0 Å². The van der Waals surface area contributed by atoms with E-state index < -0.39 is 0 Å². The Morgan fingerprint density at radius 1 is 0.655 bits per heavy atom. The molecule has 0 aromatic heterocycles. The summed E-state index contributed by atoms with van der Waals surface area (Å²) in [6.07, 6.45) is 33.9. The van der Waals surface area contributed by atoms with Crippen LogP contribution in [-0.2, 0) is 0 Å². The first kappa shape index (κ1) is 24.2. The van der Waals surface area contributed by atoms with Crippen LogP contribution < -0.4 is 0 Å². The van der Waals surface area contributed by atoms with Crippen LogP contribution in [0.15, 0.2) is 24.3 Å². The maximum atomic E-state index is 8.47. The fourth-order valence-corrected chi connectivity index (χ4v) is 5.77. The van der Waals surface area contributed by atoms with Crippen molar-refractivity contribution in [2.24, 2.45) is 23.7 Å². The van der Waals surface area contributed by atoms with E-state index in [1.54, 1.807) is 6.08 Å². The average molecular weight is 398 g/mol. The Bertz CT molecular complexity index is 481. The molecule has 2 saturated carbocycles. The van der Waals surface area contributed by atoms with Crippen LogP contribution in [0.3, 0.4) is 0 Å². The number of unbranched alkanes of at least 4 members (excludes halogenated alkanes) is 3. The number of nitrogens with zero attached hydrogens (tertiary/aromatic N) is 1. The Labute approximate surface area is 182 Å². The molecule has 29 heavy (non-hydrogen) atoms. The molecule has 1 heteroatoms. The van der Waals surface area contributed by atoms with Crippen molar-refractivity contribution in [3.63, 3.8) is 0 Å². The maximum Gasteiger partial charge on any atom is 0.0912 e. The third-order valence-corrected chi connectivity index (χ3v) is 7.78. The summed E-state index contributed by atoms with van der Waals surface area (Å²) in [7, 11) is 0. The van der Waals surface area contributed by atoms with Crippen LogP contribution in [0, 0.1) is 35.0 Å². The van der Waals surface area contributed by atoms with E-state index in [2.05, 4.69) is 13.0 Å². The van der Waals surface area contributed by atoms with Gasteiger partial charge in [0.05, 0.1) is 6.07 Å². The van der Waals surface area contributed by atoms with Gasteiger partial charge in [0.25, 0.3) is 0 Å². The molecular formula is C28H47N. The third kappa shape index (κ3) is 11.1. The minimum absolute atomic E-state index is 0.948. The smallest absolute Gasteiger partial charge is 0.0912 e.